The third-order valence-electron chi connectivity index (χ3n) is 5.66. The van der Waals surface area contributed by atoms with E-state index in [-0.39, 0.29) is 10.8 Å². The van der Waals surface area contributed by atoms with E-state index in [0.717, 1.165) is 12.8 Å². The molecule has 0 spiro atoms. The van der Waals surface area contributed by atoms with E-state index in [1.54, 1.807) is 0 Å². The molecule has 2 aliphatic rings. The molecule has 0 N–H and O–H groups in total. The van der Waals surface area contributed by atoms with Crippen LogP contribution in [0.2, 0.25) is 0 Å². The van der Waals surface area contributed by atoms with Crippen LogP contribution in [0.1, 0.15) is 70.2 Å². The first-order valence-corrected chi connectivity index (χ1v) is 13.6. The molecule has 0 radical (unpaired) electrons. The van der Waals surface area contributed by atoms with Gasteiger partial charge in [-0.1, -0.05) is 65.3 Å². The average molecular weight is 525 g/mol. The minimum atomic E-state index is 0.167. The summed E-state index contributed by atoms with van der Waals surface area (Å²) in [5, 5.41) is 0. The molecule has 0 bridgehead atoms. The smallest absolute Gasteiger partial charge is 0.171 e. The molecule has 0 aromatic heterocycles. The van der Waals surface area contributed by atoms with Crippen LogP contribution in [0.3, 0.4) is 0 Å². The normalized spacial score (nSPS) is 12.7. The van der Waals surface area contributed by atoms with Crippen LogP contribution in [-0.2, 0) is 41.5 Å². The first-order chi connectivity index (χ1) is 16.2. The molecule has 0 nitrogen and oxygen atoms in total. The van der Waals surface area contributed by atoms with Crippen molar-refractivity contribution in [2.24, 2.45) is 0 Å². The molecule has 0 aliphatic heterocycles. The zero-order valence-electron chi connectivity index (χ0n) is 21.6. The minimum Gasteiger partial charge on any atom is -0.184 e. The zero-order chi connectivity index (χ0) is 25.2. The summed E-state index contributed by atoms with van der Waals surface area (Å²) in [6.07, 6.45) is 11.0. The summed E-state index contributed by atoms with van der Waals surface area (Å²) >= 11 is 1.30. The van der Waals surface area contributed by atoms with Gasteiger partial charge in [0.2, 0.25) is 0 Å². The maximum atomic E-state index is 3.67. The second kappa shape index (κ2) is 13.1. The van der Waals surface area contributed by atoms with Crippen molar-refractivity contribution in [1.82, 2.24) is 0 Å². The van der Waals surface area contributed by atoms with Crippen molar-refractivity contribution in [3.05, 3.63) is 119 Å². The second-order valence-electron chi connectivity index (χ2n) is 10.4. The Morgan fingerprint density at radius 3 is 1.94 bits per heavy atom. The van der Waals surface area contributed by atoms with Crippen LogP contribution in [0.5, 0.6) is 0 Å². The van der Waals surface area contributed by atoms with E-state index in [4.69, 9.17) is 0 Å². The molecule has 3 aromatic rings. The van der Waals surface area contributed by atoms with Crippen LogP contribution in [-0.4, -0.2) is 4.21 Å². The molecule has 3 aromatic carbocycles. The first-order valence-electron chi connectivity index (χ1n) is 11.8. The number of rotatable bonds is 0. The summed E-state index contributed by atoms with van der Waals surface area (Å²) < 4.78 is 3.34. The van der Waals surface area contributed by atoms with Crippen LogP contribution in [0.15, 0.2) is 78.9 Å². The molecular weight excluding hydrogens is 488 g/mol. The van der Waals surface area contributed by atoms with Crippen molar-refractivity contribution in [1.29, 1.82) is 0 Å². The van der Waals surface area contributed by atoms with Gasteiger partial charge in [0.15, 0.2) is 0 Å². The fourth-order valence-corrected chi connectivity index (χ4v) is 3.71. The summed E-state index contributed by atoms with van der Waals surface area (Å²) in [7, 11) is 0. The maximum absolute atomic E-state index is 3.67. The number of fused-ring (bicyclic) bond motifs is 3. The molecule has 0 saturated heterocycles. The first kappa shape index (κ1) is 28.1. The summed E-state index contributed by atoms with van der Waals surface area (Å²) in [6, 6.07) is 27.7. The molecule has 0 fully saturated rings. The molecule has 2 aliphatic carbocycles. The Balaban J connectivity index is 0.000000255. The van der Waals surface area contributed by atoms with Crippen molar-refractivity contribution < 1.29 is 24.2 Å². The molecule has 0 heterocycles. The largest absolute Gasteiger partial charge is 0.184 e. The van der Waals surface area contributed by atoms with Gasteiger partial charge in [0.1, 0.15) is 0 Å². The van der Waals surface area contributed by atoms with Crippen LogP contribution in [0.4, 0.5) is 0 Å². The summed E-state index contributed by atoms with van der Waals surface area (Å²) in [5.41, 5.74) is 8.70. The topological polar surface area (TPSA) is 0 Å². The molecular formula is C33H37Zr-3. The van der Waals surface area contributed by atoms with E-state index < -0.39 is 0 Å². The Hall–Kier alpha value is -2.11. The summed E-state index contributed by atoms with van der Waals surface area (Å²) in [5.74, 6) is 0. The molecule has 0 unspecified atom stereocenters. The third-order valence-corrected chi connectivity index (χ3v) is 5.66. The van der Waals surface area contributed by atoms with E-state index in [0.29, 0.717) is 0 Å². The molecule has 0 amide bonds. The van der Waals surface area contributed by atoms with Crippen molar-refractivity contribution in [2.45, 2.75) is 65.2 Å². The van der Waals surface area contributed by atoms with Gasteiger partial charge in [0.25, 0.3) is 0 Å². The summed E-state index contributed by atoms with van der Waals surface area (Å²) in [4.78, 5) is 0. The van der Waals surface area contributed by atoms with Gasteiger partial charge in [0, 0.05) is 0 Å². The molecule has 0 atom stereocenters. The van der Waals surface area contributed by atoms with E-state index in [2.05, 4.69) is 100 Å². The van der Waals surface area contributed by atoms with Crippen LogP contribution in [0, 0.1) is 18.2 Å². The monoisotopic (exact) mass is 523 g/mol. The van der Waals surface area contributed by atoms with Gasteiger partial charge < -0.3 is 0 Å². The van der Waals surface area contributed by atoms with Crippen molar-refractivity contribution in [3.8, 4) is 11.1 Å². The predicted octanol–water partition coefficient (Wildman–Crippen LogP) is 8.41. The zero-order valence-corrected chi connectivity index (χ0v) is 24.1. The van der Waals surface area contributed by atoms with Gasteiger partial charge in [0.05, 0.1) is 0 Å². The minimum absolute atomic E-state index is 0.167. The Labute approximate surface area is 223 Å². The fourth-order valence-electron chi connectivity index (χ4n) is 3.71. The number of benzene rings is 3. The van der Waals surface area contributed by atoms with E-state index in [1.807, 2.05) is 42.5 Å². The Morgan fingerprint density at radius 1 is 0.824 bits per heavy atom. The third kappa shape index (κ3) is 8.28. The van der Waals surface area contributed by atoms with E-state index in [1.165, 1.54) is 57.6 Å². The number of hydrogen-bond donors (Lipinski definition) is 0. The molecule has 5 rings (SSSR count). The fraction of sp³-hybridized carbons (Fsp3) is 0.303. The van der Waals surface area contributed by atoms with Crippen LogP contribution >= 0.6 is 0 Å². The van der Waals surface area contributed by atoms with Gasteiger partial charge in [-0.2, -0.15) is 66.2 Å². The summed E-state index contributed by atoms with van der Waals surface area (Å²) in [6.45, 7) is 13.6. The maximum Gasteiger partial charge on any atom is -0.171 e. The number of hydrogen-bond acceptors (Lipinski definition) is 0. The Bertz CT molecular complexity index is 991. The molecule has 34 heavy (non-hydrogen) atoms. The van der Waals surface area contributed by atoms with Crippen molar-refractivity contribution in [3.63, 3.8) is 0 Å². The van der Waals surface area contributed by atoms with E-state index in [9.17, 15) is 0 Å². The standard InChI is InChI=1S/C21H25.C6H5.C5H5.CH2.Zr/c1-20(2,3)16-7-9-18-14(12-16)11-15-13-17(21(4,5)6)8-10-19(15)18;1-2-4-6-5-3-1;1-2-4-5-3-1;;/h7-10,12H,11H2,1-6H3;1-5H;1-3H,4H2;1H2;/q3*-1;;. The molecule has 176 valence electrons. The van der Waals surface area contributed by atoms with Crippen molar-refractivity contribution in [2.75, 3.05) is 0 Å². The van der Waals surface area contributed by atoms with E-state index >= 15 is 0 Å². The number of allylic oxidation sites excluding steroid dienone is 4. The van der Waals surface area contributed by atoms with Crippen LogP contribution < -0.4 is 0 Å². The molecule has 1 heteroatoms. The van der Waals surface area contributed by atoms with Gasteiger partial charge in [-0.05, 0) is 28.4 Å². The SMILES string of the molecule is CC(C)(C)c1[c-]c2c(cc1)-c1ccc(C(C)(C)C)cc1C2.[C-]1=CC=CC1.[CH2]=[Zr].[c-]1ccccc1. The van der Waals surface area contributed by atoms with Gasteiger partial charge in [-0.15, -0.1) is 17.5 Å². The van der Waals surface area contributed by atoms with Gasteiger partial charge >= 0.3 is 28.4 Å². The van der Waals surface area contributed by atoms with Gasteiger partial charge in [-0.3, -0.25) is 6.08 Å². The Morgan fingerprint density at radius 2 is 1.50 bits per heavy atom. The van der Waals surface area contributed by atoms with Crippen LogP contribution in [0.25, 0.3) is 11.1 Å². The Kier molecular flexibility index (Phi) is 10.8. The predicted molar refractivity (Wildman–Crippen MR) is 145 cm³/mol. The average Bonchev–Trinajstić information content (AvgIpc) is 3.51. The van der Waals surface area contributed by atoms with Crippen molar-refractivity contribution >= 4 is 4.21 Å². The quantitative estimate of drug-likeness (QED) is 0.203. The van der Waals surface area contributed by atoms with Gasteiger partial charge in [-0.25, -0.2) is 12.2 Å². The molecule has 0 saturated carbocycles. The second-order valence-corrected chi connectivity index (χ2v) is 10.4.